The molecule has 2 aromatic rings. The number of hydrogen-bond donors (Lipinski definition) is 4. The van der Waals surface area contributed by atoms with Gasteiger partial charge in [-0.05, 0) is 73.8 Å². The summed E-state index contributed by atoms with van der Waals surface area (Å²) in [6.07, 6.45) is 4.04. The molecule has 0 saturated heterocycles. The highest BCUT2D eigenvalue weighted by molar-refractivity contribution is 5.78. The number of amides is 1. The fourth-order valence-corrected chi connectivity index (χ4v) is 5.53. The lowest BCUT2D eigenvalue weighted by Gasteiger charge is -2.41. The number of carboxylic acids is 1. The van der Waals surface area contributed by atoms with E-state index >= 15 is 0 Å². The van der Waals surface area contributed by atoms with Crippen LogP contribution in [0.2, 0.25) is 0 Å². The second-order valence-electron chi connectivity index (χ2n) is 13.3. The van der Waals surface area contributed by atoms with Gasteiger partial charge < -0.3 is 20.8 Å². The molecule has 1 saturated carbocycles. The number of rotatable bonds is 12. The van der Waals surface area contributed by atoms with Gasteiger partial charge in [0.25, 0.3) is 0 Å². The van der Waals surface area contributed by atoms with Crippen molar-refractivity contribution in [1.82, 2.24) is 10.6 Å². The number of aliphatic carboxylic acids is 1. The number of hydrogen-bond acceptors (Lipinski definition) is 4. The van der Waals surface area contributed by atoms with Crippen LogP contribution in [0, 0.1) is 17.0 Å². The first kappa shape index (κ1) is 32.7. The zero-order chi connectivity index (χ0) is 30.4. The maximum atomic E-state index is 14.0. The Morgan fingerprint density at radius 3 is 2.20 bits per heavy atom. The number of halogens is 2. The van der Waals surface area contributed by atoms with E-state index < -0.39 is 41.1 Å². The molecular formula is C33H46F2N2O4. The van der Waals surface area contributed by atoms with E-state index in [1.807, 2.05) is 0 Å². The number of nitrogens with one attached hydrogen (secondary N) is 2. The van der Waals surface area contributed by atoms with Crippen LogP contribution >= 0.6 is 0 Å². The van der Waals surface area contributed by atoms with Gasteiger partial charge in [0.2, 0.25) is 5.91 Å². The van der Waals surface area contributed by atoms with Crippen molar-refractivity contribution in [3.8, 4) is 0 Å². The van der Waals surface area contributed by atoms with Crippen LogP contribution in [0.15, 0.2) is 42.5 Å². The highest BCUT2D eigenvalue weighted by atomic mass is 19.1. The molecule has 0 heterocycles. The standard InChI is InChI=1S/C33H46F2N2O4/c1-31(2,3)23-10-9-11-24(19-23)33(13-7-6-8-14-33)36-21-28(38)27(18-22-16-25(34)20-26(35)17-22)37-29(39)12-15-32(4,5)30(40)41/h9-11,16-17,19-20,27-28,36,38H,6-8,12-15,18,21H2,1-5H3,(H,37,39)(H,40,41)/t27-,28+/m0/s1. The molecule has 41 heavy (non-hydrogen) atoms. The van der Waals surface area contributed by atoms with E-state index in [-0.39, 0.29) is 36.8 Å². The molecule has 2 aromatic carbocycles. The third-order valence-electron chi connectivity index (χ3n) is 8.38. The van der Waals surface area contributed by atoms with Gasteiger partial charge in [-0.1, -0.05) is 64.3 Å². The molecule has 1 amide bonds. The first-order valence-electron chi connectivity index (χ1n) is 14.6. The van der Waals surface area contributed by atoms with Gasteiger partial charge in [0.15, 0.2) is 0 Å². The maximum absolute atomic E-state index is 14.0. The quantitative estimate of drug-likeness (QED) is 0.250. The number of carbonyl (C=O) groups is 2. The Hall–Kier alpha value is -2.84. The molecule has 4 N–H and O–H groups in total. The van der Waals surface area contributed by atoms with Crippen molar-refractivity contribution in [3.05, 3.63) is 70.8 Å². The monoisotopic (exact) mass is 572 g/mol. The first-order valence-corrected chi connectivity index (χ1v) is 14.6. The lowest BCUT2D eigenvalue weighted by Crippen LogP contribution is -2.53. The predicted molar refractivity (Wildman–Crippen MR) is 157 cm³/mol. The van der Waals surface area contributed by atoms with Crippen molar-refractivity contribution in [1.29, 1.82) is 0 Å². The molecule has 0 radical (unpaired) electrons. The Morgan fingerprint density at radius 1 is 0.976 bits per heavy atom. The van der Waals surface area contributed by atoms with E-state index in [2.05, 4.69) is 55.7 Å². The molecule has 8 heteroatoms. The largest absolute Gasteiger partial charge is 0.481 e. The van der Waals surface area contributed by atoms with Crippen molar-refractivity contribution in [2.75, 3.05) is 6.54 Å². The van der Waals surface area contributed by atoms with Crippen molar-refractivity contribution >= 4 is 11.9 Å². The van der Waals surface area contributed by atoms with Gasteiger partial charge in [-0.2, -0.15) is 0 Å². The van der Waals surface area contributed by atoms with Crippen LogP contribution in [0.25, 0.3) is 0 Å². The minimum Gasteiger partial charge on any atom is -0.481 e. The number of aliphatic hydroxyl groups is 1. The Labute approximate surface area is 242 Å². The number of carboxylic acid groups (broad SMARTS) is 1. The van der Waals surface area contributed by atoms with E-state index in [0.717, 1.165) is 38.2 Å². The summed E-state index contributed by atoms with van der Waals surface area (Å²) in [5.74, 6) is -2.90. The van der Waals surface area contributed by atoms with Gasteiger partial charge in [-0.25, -0.2) is 8.78 Å². The smallest absolute Gasteiger partial charge is 0.309 e. The molecule has 0 aromatic heterocycles. The molecule has 226 valence electrons. The molecule has 0 spiro atoms. The molecule has 1 aliphatic carbocycles. The molecule has 1 fully saturated rings. The summed E-state index contributed by atoms with van der Waals surface area (Å²) in [4.78, 5) is 24.4. The lowest BCUT2D eigenvalue weighted by molar-refractivity contribution is -0.147. The maximum Gasteiger partial charge on any atom is 0.309 e. The normalized spacial score (nSPS) is 17.1. The fraction of sp³-hybridized carbons (Fsp3) is 0.576. The lowest BCUT2D eigenvalue weighted by atomic mass is 9.74. The average molecular weight is 573 g/mol. The fourth-order valence-electron chi connectivity index (χ4n) is 5.53. The Morgan fingerprint density at radius 2 is 1.61 bits per heavy atom. The van der Waals surface area contributed by atoms with Gasteiger partial charge in [0.05, 0.1) is 17.6 Å². The van der Waals surface area contributed by atoms with Crippen molar-refractivity contribution in [2.45, 2.75) is 109 Å². The van der Waals surface area contributed by atoms with E-state index in [1.165, 1.54) is 23.3 Å². The summed E-state index contributed by atoms with van der Waals surface area (Å²) in [6.45, 7) is 9.79. The molecule has 2 atom stereocenters. The summed E-state index contributed by atoms with van der Waals surface area (Å²) in [7, 11) is 0. The highest BCUT2D eigenvalue weighted by Crippen LogP contribution is 2.38. The van der Waals surface area contributed by atoms with E-state index in [9.17, 15) is 28.6 Å². The van der Waals surface area contributed by atoms with Gasteiger partial charge >= 0.3 is 5.97 Å². The third kappa shape index (κ3) is 9.07. The Bertz CT molecular complexity index is 1180. The van der Waals surface area contributed by atoms with Crippen molar-refractivity contribution in [3.63, 3.8) is 0 Å². The second-order valence-corrected chi connectivity index (χ2v) is 13.3. The number of benzene rings is 2. The SMILES string of the molecule is CC(C)(CCC(=O)N[C@@H](Cc1cc(F)cc(F)c1)[C@H](O)CNC1(c2cccc(C(C)(C)C)c2)CCCCC1)C(=O)O. The van der Waals surface area contributed by atoms with Crippen molar-refractivity contribution < 1.29 is 28.6 Å². The van der Waals surface area contributed by atoms with Gasteiger partial charge in [-0.3, -0.25) is 9.59 Å². The van der Waals surface area contributed by atoms with Crippen LogP contribution in [0.1, 0.15) is 96.3 Å². The average Bonchev–Trinajstić information content (AvgIpc) is 2.90. The summed E-state index contributed by atoms with van der Waals surface area (Å²) in [6, 6.07) is 10.9. The van der Waals surface area contributed by atoms with Crippen LogP contribution in [-0.4, -0.2) is 40.8 Å². The van der Waals surface area contributed by atoms with Crippen LogP contribution in [0.5, 0.6) is 0 Å². The van der Waals surface area contributed by atoms with Crippen LogP contribution in [0.3, 0.4) is 0 Å². The molecule has 1 aliphatic rings. The van der Waals surface area contributed by atoms with Gasteiger partial charge in [0.1, 0.15) is 11.6 Å². The van der Waals surface area contributed by atoms with Gasteiger partial charge in [0, 0.05) is 24.6 Å². The van der Waals surface area contributed by atoms with Crippen LogP contribution in [0.4, 0.5) is 8.78 Å². The van der Waals surface area contributed by atoms with E-state index in [1.54, 1.807) is 13.8 Å². The summed E-state index contributed by atoms with van der Waals surface area (Å²) >= 11 is 0. The first-order chi connectivity index (χ1) is 19.1. The highest BCUT2D eigenvalue weighted by Gasteiger charge is 2.36. The topological polar surface area (TPSA) is 98.7 Å². The summed E-state index contributed by atoms with van der Waals surface area (Å²) < 4.78 is 27.9. The molecule has 6 nitrogen and oxygen atoms in total. The summed E-state index contributed by atoms with van der Waals surface area (Å²) in [5.41, 5.74) is 1.25. The second kappa shape index (κ2) is 13.4. The van der Waals surface area contributed by atoms with Crippen LogP contribution < -0.4 is 10.6 Å². The number of aliphatic hydroxyl groups excluding tert-OH is 1. The Balaban J connectivity index is 1.82. The molecule has 3 rings (SSSR count). The molecule has 0 unspecified atom stereocenters. The van der Waals surface area contributed by atoms with Gasteiger partial charge in [-0.15, -0.1) is 0 Å². The van der Waals surface area contributed by atoms with Crippen LogP contribution in [-0.2, 0) is 27.0 Å². The molecule has 0 bridgehead atoms. The minimum atomic E-state index is -1.09. The number of carbonyl (C=O) groups excluding carboxylic acids is 1. The molecule has 0 aliphatic heterocycles. The van der Waals surface area contributed by atoms with E-state index in [0.29, 0.717) is 5.56 Å². The molecular weight excluding hydrogens is 526 g/mol. The van der Waals surface area contributed by atoms with E-state index in [4.69, 9.17) is 0 Å². The third-order valence-corrected chi connectivity index (χ3v) is 8.38. The zero-order valence-corrected chi connectivity index (χ0v) is 25.0. The zero-order valence-electron chi connectivity index (χ0n) is 25.0. The Kier molecular flexibility index (Phi) is 10.7. The van der Waals surface area contributed by atoms with Crippen molar-refractivity contribution in [2.24, 2.45) is 5.41 Å². The predicted octanol–water partition coefficient (Wildman–Crippen LogP) is 5.99. The minimum absolute atomic E-state index is 0.0120. The summed E-state index contributed by atoms with van der Waals surface area (Å²) in [5, 5.41) is 27.2.